The number of anilines is 1. The van der Waals surface area contributed by atoms with E-state index in [0.717, 1.165) is 32.1 Å². The third-order valence-corrected chi connectivity index (χ3v) is 3.52. The third kappa shape index (κ3) is 3.97. The van der Waals surface area contributed by atoms with Gasteiger partial charge in [-0.25, -0.2) is 4.79 Å². The molecular weight excluding hydrogens is 254 g/mol. The minimum absolute atomic E-state index is 0.0794. The lowest BCUT2D eigenvalue weighted by atomic mass is 10.1. The highest BCUT2D eigenvalue weighted by Crippen LogP contribution is 2.20. The lowest BCUT2D eigenvalue weighted by molar-refractivity contribution is 0.0899. The number of nitrogens with two attached hydrogens (primary N) is 1. The van der Waals surface area contributed by atoms with Gasteiger partial charge in [-0.05, 0) is 43.5 Å². The van der Waals surface area contributed by atoms with Crippen molar-refractivity contribution >= 4 is 11.8 Å². The van der Waals surface area contributed by atoms with Crippen LogP contribution in [-0.2, 0) is 4.74 Å². The first-order valence-corrected chi connectivity index (χ1v) is 6.92. The van der Waals surface area contributed by atoms with Gasteiger partial charge in [0, 0.05) is 11.7 Å². The molecule has 5 heteroatoms. The summed E-state index contributed by atoms with van der Waals surface area (Å²) in [5.74, 6) is 0. The van der Waals surface area contributed by atoms with Gasteiger partial charge in [0.05, 0.1) is 11.6 Å². The van der Waals surface area contributed by atoms with Crippen LogP contribution < -0.4 is 11.1 Å². The van der Waals surface area contributed by atoms with Crippen molar-refractivity contribution < 1.29 is 9.53 Å². The van der Waals surface area contributed by atoms with Crippen LogP contribution in [0, 0.1) is 11.3 Å². The van der Waals surface area contributed by atoms with Crippen molar-refractivity contribution in [3.8, 4) is 6.07 Å². The van der Waals surface area contributed by atoms with Gasteiger partial charge in [0.1, 0.15) is 6.10 Å². The number of amides is 1. The summed E-state index contributed by atoms with van der Waals surface area (Å²) in [4.78, 5) is 11.8. The second-order valence-corrected chi connectivity index (χ2v) is 5.06. The number of nitrogens with zero attached hydrogens (tertiary/aromatic N) is 1. The molecule has 1 saturated carbocycles. The van der Waals surface area contributed by atoms with Crippen molar-refractivity contribution in [2.45, 2.75) is 44.2 Å². The minimum atomic E-state index is -0.489. The van der Waals surface area contributed by atoms with Crippen LogP contribution in [0.2, 0.25) is 0 Å². The van der Waals surface area contributed by atoms with E-state index in [0.29, 0.717) is 11.3 Å². The first-order chi connectivity index (χ1) is 9.69. The Hall–Kier alpha value is -2.06. The van der Waals surface area contributed by atoms with Gasteiger partial charge in [-0.15, -0.1) is 0 Å². The molecule has 1 aromatic carbocycles. The number of carbonyl (C=O) groups is 1. The number of rotatable bonds is 2. The van der Waals surface area contributed by atoms with Crippen molar-refractivity contribution in [1.29, 1.82) is 5.26 Å². The average Bonchev–Trinajstić information content (AvgIpc) is 2.65. The zero-order valence-electron chi connectivity index (χ0n) is 11.3. The molecule has 1 amide bonds. The Labute approximate surface area is 118 Å². The van der Waals surface area contributed by atoms with Crippen molar-refractivity contribution in [1.82, 2.24) is 0 Å². The lowest BCUT2D eigenvalue weighted by Gasteiger charge is -2.21. The highest BCUT2D eigenvalue weighted by molar-refractivity contribution is 5.84. The van der Waals surface area contributed by atoms with Crippen LogP contribution in [0.5, 0.6) is 0 Å². The van der Waals surface area contributed by atoms with Gasteiger partial charge in [0.2, 0.25) is 0 Å². The molecule has 1 aliphatic rings. The normalized spacial score (nSPS) is 22.4. The number of ether oxygens (including phenoxy) is 1. The fourth-order valence-corrected chi connectivity index (χ4v) is 2.36. The van der Waals surface area contributed by atoms with E-state index in [2.05, 4.69) is 5.32 Å². The molecule has 5 nitrogen and oxygen atoms in total. The summed E-state index contributed by atoms with van der Waals surface area (Å²) in [5, 5.41) is 11.4. The van der Waals surface area contributed by atoms with E-state index in [1.165, 1.54) is 0 Å². The zero-order chi connectivity index (χ0) is 14.4. The van der Waals surface area contributed by atoms with Crippen molar-refractivity contribution in [3.63, 3.8) is 0 Å². The third-order valence-electron chi connectivity index (χ3n) is 3.52. The summed E-state index contributed by atoms with van der Waals surface area (Å²) in [5.41, 5.74) is 7.18. The second-order valence-electron chi connectivity index (χ2n) is 5.06. The van der Waals surface area contributed by atoms with Crippen LogP contribution in [0.15, 0.2) is 24.3 Å². The fourth-order valence-electron chi connectivity index (χ4n) is 2.36. The highest BCUT2D eigenvalue weighted by atomic mass is 16.6. The molecule has 0 radical (unpaired) electrons. The van der Waals surface area contributed by atoms with E-state index >= 15 is 0 Å². The molecule has 2 rings (SSSR count). The van der Waals surface area contributed by atoms with Gasteiger partial charge >= 0.3 is 6.09 Å². The maximum Gasteiger partial charge on any atom is 0.411 e. The largest absolute Gasteiger partial charge is 0.444 e. The van der Waals surface area contributed by atoms with Crippen LogP contribution in [0.1, 0.15) is 37.7 Å². The number of nitrogens with one attached hydrogen (secondary N) is 1. The van der Waals surface area contributed by atoms with Gasteiger partial charge < -0.3 is 10.5 Å². The molecule has 0 bridgehead atoms. The van der Waals surface area contributed by atoms with Crippen LogP contribution >= 0.6 is 0 Å². The Morgan fingerprint density at radius 1 is 1.25 bits per heavy atom. The molecule has 2 atom stereocenters. The Bertz CT molecular complexity index is 493. The Morgan fingerprint density at radius 2 is 1.95 bits per heavy atom. The second kappa shape index (κ2) is 6.92. The van der Waals surface area contributed by atoms with Crippen LogP contribution in [0.25, 0.3) is 0 Å². The Balaban J connectivity index is 1.89. The van der Waals surface area contributed by atoms with Gasteiger partial charge in [-0.1, -0.05) is 12.8 Å². The van der Waals surface area contributed by atoms with Crippen molar-refractivity contribution in [2.75, 3.05) is 5.32 Å². The molecule has 0 spiro atoms. The number of nitriles is 1. The molecule has 3 N–H and O–H groups in total. The predicted molar refractivity (Wildman–Crippen MR) is 76.1 cm³/mol. The van der Waals surface area contributed by atoms with Gasteiger partial charge in [0.25, 0.3) is 0 Å². The summed E-state index contributed by atoms with van der Waals surface area (Å²) in [6.07, 6.45) is 4.30. The van der Waals surface area contributed by atoms with E-state index in [1.54, 1.807) is 24.3 Å². The Morgan fingerprint density at radius 3 is 2.65 bits per heavy atom. The zero-order valence-corrected chi connectivity index (χ0v) is 11.3. The smallest absolute Gasteiger partial charge is 0.411 e. The number of benzene rings is 1. The number of hydrogen-bond donors (Lipinski definition) is 2. The van der Waals surface area contributed by atoms with E-state index in [-0.39, 0.29) is 12.1 Å². The van der Waals surface area contributed by atoms with E-state index in [9.17, 15) is 4.79 Å². The quantitative estimate of drug-likeness (QED) is 0.811. The van der Waals surface area contributed by atoms with Gasteiger partial charge in [-0.3, -0.25) is 5.32 Å². The first kappa shape index (κ1) is 14.4. The van der Waals surface area contributed by atoms with E-state index in [1.807, 2.05) is 6.07 Å². The molecule has 0 aliphatic heterocycles. The molecule has 0 aromatic heterocycles. The molecule has 1 aliphatic carbocycles. The first-order valence-electron chi connectivity index (χ1n) is 6.92. The van der Waals surface area contributed by atoms with Crippen molar-refractivity contribution in [2.24, 2.45) is 5.73 Å². The van der Waals surface area contributed by atoms with E-state index in [4.69, 9.17) is 15.7 Å². The lowest BCUT2D eigenvalue weighted by Crippen LogP contribution is -2.38. The van der Waals surface area contributed by atoms with Crippen molar-refractivity contribution in [3.05, 3.63) is 29.8 Å². The van der Waals surface area contributed by atoms with Crippen LogP contribution in [-0.4, -0.2) is 18.2 Å². The van der Waals surface area contributed by atoms with Crippen LogP contribution in [0.4, 0.5) is 10.5 Å². The summed E-state index contributed by atoms with van der Waals surface area (Å²) < 4.78 is 5.40. The van der Waals surface area contributed by atoms with Gasteiger partial charge in [-0.2, -0.15) is 5.26 Å². The van der Waals surface area contributed by atoms with E-state index < -0.39 is 6.09 Å². The summed E-state index contributed by atoms with van der Waals surface area (Å²) in [7, 11) is 0. The maximum atomic E-state index is 11.8. The molecule has 1 aromatic rings. The van der Waals surface area contributed by atoms with Gasteiger partial charge in [0.15, 0.2) is 0 Å². The summed E-state index contributed by atoms with van der Waals surface area (Å²) in [6, 6.07) is 8.58. The SMILES string of the molecule is N#Cc1ccc(NC(=O)OC2CCCCCC2N)cc1. The summed E-state index contributed by atoms with van der Waals surface area (Å²) in [6.45, 7) is 0. The number of hydrogen-bond acceptors (Lipinski definition) is 4. The molecule has 0 heterocycles. The molecular formula is C15H19N3O2. The fraction of sp³-hybridized carbons (Fsp3) is 0.467. The Kier molecular flexibility index (Phi) is 4.97. The molecule has 106 valence electrons. The van der Waals surface area contributed by atoms with Crippen LogP contribution in [0.3, 0.4) is 0 Å². The average molecular weight is 273 g/mol. The molecule has 0 saturated heterocycles. The maximum absolute atomic E-state index is 11.8. The summed E-state index contributed by atoms with van der Waals surface area (Å²) >= 11 is 0. The highest BCUT2D eigenvalue weighted by Gasteiger charge is 2.23. The molecule has 20 heavy (non-hydrogen) atoms. The monoisotopic (exact) mass is 273 g/mol. The standard InChI is InChI=1S/C15H19N3O2/c16-10-11-6-8-12(9-7-11)18-15(19)20-14-5-3-1-2-4-13(14)17/h6-9,13-14H,1-5,17H2,(H,18,19). The minimum Gasteiger partial charge on any atom is -0.444 e. The molecule has 2 unspecified atom stereocenters. The topological polar surface area (TPSA) is 88.1 Å². The molecule has 1 fully saturated rings. The predicted octanol–water partition coefficient (Wildman–Crippen LogP) is 2.77. The number of carbonyl (C=O) groups excluding carboxylic acids is 1.